The van der Waals surface area contributed by atoms with Crippen LogP contribution in [-0.4, -0.2) is 30.9 Å². The Morgan fingerprint density at radius 2 is 1.63 bits per heavy atom. The SMILES string of the molecule is Cc1ccccc1CNC(=O)[C@@H]1CC(=O)N(c2ccc(OCC(=O)NCc3ccccc3)cc2)C1. The van der Waals surface area contributed by atoms with Crippen LogP contribution in [0.1, 0.15) is 23.1 Å². The van der Waals surface area contributed by atoms with Crippen LogP contribution < -0.4 is 20.3 Å². The molecule has 2 N–H and O–H groups in total. The van der Waals surface area contributed by atoms with Crippen LogP contribution in [0.25, 0.3) is 0 Å². The topological polar surface area (TPSA) is 87.7 Å². The van der Waals surface area contributed by atoms with Crippen LogP contribution in [0.4, 0.5) is 5.69 Å². The molecule has 7 nitrogen and oxygen atoms in total. The largest absolute Gasteiger partial charge is 0.484 e. The van der Waals surface area contributed by atoms with E-state index in [1.54, 1.807) is 29.2 Å². The third-order valence-corrected chi connectivity index (χ3v) is 6.06. The number of nitrogens with one attached hydrogen (secondary N) is 2. The van der Waals surface area contributed by atoms with Gasteiger partial charge in [0.2, 0.25) is 11.8 Å². The number of amides is 3. The Balaban J connectivity index is 1.24. The van der Waals surface area contributed by atoms with Crippen molar-refractivity contribution in [3.8, 4) is 5.75 Å². The van der Waals surface area contributed by atoms with Gasteiger partial charge in [0.25, 0.3) is 5.91 Å². The minimum absolute atomic E-state index is 0.0880. The van der Waals surface area contributed by atoms with Crippen molar-refractivity contribution in [2.24, 2.45) is 5.92 Å². The van der Waals surface area contributed by atoms with Crippen molar-refractivity contribution in [3.05, 3.63) is 95.6 Å². The second-order valence-electron chi connectivity index (χ2n) is 8.59. The molecule has 180 valence electrons. The van der Waals surface area contributed by atoms with Crippen molar-refractivity contribution in [1.82, 2.24) is 10.6 Å². The number of hydrogen-bond donors (Lipinski definition) is 2. The second-order valence-corrected chi connectivity index (χ2v) is 8.59. The van der Waals surface area contributed by atoms with Crippen LogP contribution in [-0.2, 0) is 27.5 Å². The maximum absolute atomic E-state index is 12.7. The van der Waals surface area contributed by atoms with E-state index < -0.39 is 5.92 Å². The first kappa shape index (κ1) is 24.0. The summed E-state index contributed by atoms with van der Waals surface area (Å²) < 4.78 is 5.56. The molecule has 0 bridgehead atoms. The van der Waals surface area contributed by atoms with Gasteiger partial charge in [0.05, 0.1) is 5.92 Å². The molecule has 3 aromatic carbocycles. The predicted molar refractivity (Wildman–Crippen MR) is 134 cm³/mol. The Morgan fingerprint density at radius 1 is 0.914 bits per heavy atom. The van der Waals surface area contributed by atoms with E-state index in [4.69, 9.17) is 4.74 Å². The summed E-state index contributed by atoms with van der Waals surface area (Å²) in [6, 6.07) is 24.5. The third kappa shape index (κ3) is 6.47. The Labute approximate surface area is 205 Å². The summed E-state index contributed by atoms with van der Waals surface area (Å²) in [5.74, 6) is -0.286. The maximum Gasteiger partial charge on any atom is 0.258 e. The highest BCUT2D eigenvalue weighted by molar-refractivity contribution is 6.00. The van der Waals surface area contributed by atoms with E-state index in [9.17, 15) is 14.4 Å². The highest BCUT2D eigenvalue weighted by atomic mass is 16.5. The van der Waals surface area contributed by atoms with Crippen molar-refractivity contribution in [1.29, 1.82) is 0 Å². The van der Waals surface area contributed by atoms with Gasteiger partial charge in [-0.1, -0.05) is 54.6 Å². The lowest BCUT2D eigenvalue weighted by atomic mass is 10.1. The van der Waals surface area contributed by atoms with Gasteiger partial charge in [-0.15, -0.1) is 0 Å². The number of anilines is 1. The molecule has 3 amide bonds. The van der Waals surface area contributed by atoms with Crippen LogP contribution >= 0.6 is 0 Å². The number of benzene rings is 3. The van der Waals surface area contributed by atoms with Gasteiger partial charge in [0.1, 0.15) is 5.75 Å². The van der Waals surface area contributed by atoms with Crippen LogP contribution in [0.5, 0.6) is 5.75 Å². The van der Waals surface area contributed by atoms with Crippen LogP contribution in [0.15, 0.2) is 78.9 Å². The van der Waals surface area contributed by atoms with Gasteiger partial charge in [-0.2, -0.15) is 0 Å². The van der Waals surface area contributed by atoms with Gasteiger partial charge in [0, 0.05) is 31.7 Å². The van der Waals surface area contributed by atoms with Crippen LogP contribution in [0, 0.1) is 12.8 Å². The first-order valence-electron chi connectivity index (χ1n) is 11.7. The van der Waals surface area contributed by atoms with E-state index in [1.165, 1.54) is 0 Å². The zero-order valence-corrected chi connectivity index (χ0v) is 19.7. The molecule has 1 aliphatic rings. The summed E-state index contributed by atoms with van der Waals surface area (Å²) in [6.45, 7) is 3.13. The molecule has 0 spiro atoms. The molecule has 3 aromatic rings. The number of nitrogens with zero attached hydrogens (tertiary/aromatic N) is 1. The fourth-order valence-electron chi connectivity index (χ4n) is 3.99. The number of hydrogen-bond acceptors (Lipinski definition) is 4. The van der Waals surface area contributed by atoms with Crippen LogP contribution in [0.2, 0.25) is 0 Å². The van der Waals surface area contributed by atoms with E-state index in [2.05, 4.69) is 10.6 Å². The molecule has 0 aliphatic carbocycles. The number of carbonyl (C=O) groups excluding carboxylic acids is 3. The Hall–Kier alpha value is -4.13. The van der Waals surface area contributed by atoms with E-state index in [-0.39, 0.29) is 30.7 Å². The molecule has 1 heterocycles. The van der Waals surface area contributed by atoms with E-state index in [1.807, 2.05) is 61.5 Å². The smallest absolute Gasteiger partial charge is 0.258 e. The quantitative estimate of drug-likeness (QED) is 0.501. The second kappa shape index (κ2) is 11.3. The summed E-state index contributed by atoms with van der Waals surface area (Å²) >= 11 is 0. The van der Waals surface area contributed by atoms with Gasteiger partial charge in [0.15, 0.2) is 6.61 Å². The zero-order valence-electron chi connectivity index (χ0n) is 19.7. The van der Waals surface area contributed by atoms with Crippen molar-refractivity contribution in [3.63, 3.8) is 0 Å². The summed E-state index contributed by atoms with van der Waals surface area (Å²) in [6.07, 6.45) is 0.180. The lowest BCUT2D eigenvalue weighted by Crippen LogP contribution is -2.32. The fourth-order valence-corrected chi connectivity index (χ4v) is 3.99. The molecule has 7 heteroatoms. The molecule has 1 aliphatic heterocycles. The molecule has 4 rings (SSSR count). The summed E-state index contributed by atoms with van der Waals surface area (Å²) in [5, 5.41) is 5.77. The average Bonchev–Trinajstić information content (AvgIpc) is 3.28. The van der Waals surface area contributed by atoms with Gasteiger partial charge in [-0.25, -0.2) is 0 Å². The first-order valence-corrected chi connectivity index (χ1v) is 11.7. The highest BCUT2D eigenvalue weighted by Crippen LogP contribution is 2.27. The van der Waals surface area contributed by atoms with E-state index in [0.29, 0.717) is 31.1 Å². The molecule has 0 aromatic heterocycles. The molecule has 0 radical (unpaired) electrons. The molecule has 0 unspecified atom stereocenters. The van der Waals surface area contributed by atoms with Gasteiger partial charge >= 0.3 is 0 Å². The Bertz CT molecular complexity index is 1180. The van der Waals surface area contributed by atoms with Crippen molar-refractivity contribution < 1.29 is 19.1 Å². The van der Waals surface area contributed by atoms with Crippen LogP contribution in [0.3, 0.4) is 0 Å². The molecular formula is C28H29N3O4. The van der Waals surface area contributed by atoms with E-state index in [0.717, 1.165) is 16.7 Å². The lowest BCUT2D eigenvalue weighted by molar-refractivity contribution is -0.126. The highest BCUT2D eigenvalue weighted by Gasteiger charge is 2.35. The Morgan fingerprint density at radius 3 is 2.37 bits per heavy atom. The molecule has 0 saturated carbocycles. The Kier molecular flexibility index (Phi) is 7.77. The summed E-state index contributed by atoms with van der Waals surface area (Å²) in [5.41, 5.74) is 3.90. The predicted octanol–water partition coefficient (Wildman–Crippen LogP) is 3.36. The monoisotopic (exact) mass is 471 g/mol. The standard InChI is InChI=1S/C28H29N3O4/c1-20-7-5-6-10-22(20)17-30-28(34)23-15-27(33)31(18-23)24-11-13-25(14-12-24)35-19-26(32)29-16-21-8-3-2-4-9-21/h2-14,23H,15-19H2,1H3,(H,29,32)(H,30,34)/t23-/m1/s1. The number of ether oxygens (including phenoxy) is 1. The minimum Gasteiger partial charge on any atom is -0.484 e. The van der Waals surface area contributed by atoms with Gasteiger partial charge in [-0.3, -0.25) is 14.4 Å². The third-order valence-electron chi connectivity index (χ3n) is 6.06. The normalized spacial score (nSPS) is 15.1. The minimum atomic E-state index is -0.393. The van der Waals surface area contributed by atoms with Gasteiger partial charge in [-0.05, 0) is 47.9 Å². The molecule has 1 atom stereocenters. The summed E-state index contributed by atoms with van der Waals surface area (Å²) in [4.78, 5) is 38.9. The maximum atomic E-state index is 12.7. The number of aryl methyl sites for hydroxylation is 1. The molecule has 1 fully saturated rings. The van der Waals surface area contributed by atoms with Gasteiger partial charge < -0.3 is 20.3 Å². The molecule has 35 heavy (non-hydrogen) atoms. The zero-order chi connectivity index (χ0) is 24.6. The average molecular weight is 472 g/mol. The van der Waals surface area contributed by atoms with Crippen molar-refractivity contribution in [2.45, 2.75) is 26.4 Å². The number of carbonyl (C=O) groups is 3. The fraction of sp³-hybridized carbons (Fsp3) is 0.250. The summed E-state index contributed by atoms with van der Waals surface area (Å²) in [7, 11) is 0. The molecule has 1 saturated heterocycles. The number of rotatable bonds is 9. The van der Waals surface area contributed by atoms with E-state index >= 15 is 0 Å². The lowest BCUT2D eigenvalue weighted by Gasteiger charge is -2.17. The first-order chi connectivity index (χ1) is 17.0. The van der Waals surface area contributed by atoms with Crippen molar-refractivity contribution in [2.75, 3.05) is 18.1 Å². The van der Waals surface area contributed by atoms with Crippen molar-refractivity contribution >= 4 is 23.4 Å². The molecular weight excluding hydrogens is 442 g/mol.